The van der Waals surface area contributed by atoms with Crippen LogP contribution in [0.25, 0.3) is 0 Å². The van der Waals surface area contributed by atoms with E-state index in [1.54, 1.807) is 6.92 Å². The van der Waals surface area contributed by atoms with Crippen molar-refractivity contribution < 1.29 is 19.1 Å². The minimum Gasteiger partial charge on any atom is -0.398 e. The Balaban J connectivity index is 0.000000336. The molecule has 0 aromatic heterocycles. The van der Waals surface area contributed by atoms with E-state index in [2.05, 4.69) is 4.74 Å². The Morgan fingerprint density at radius 3 is 2.07 bits per heavy atom. The number of benzene rings is 1. The normalized spacial score (nSPS) is 8.07. The second kappa shape index (κ2) is 8.62. The summed E-state index contributed by atoms with van der Waals surface area (Å²) < 4.78 is 3.47. The summed E-state index contributed by atoms with van der Waals surface area (Å²) in [5, 5.41) is 0. The zero-order valence-electron chi connectivity index (χ0n) is 8.38. The molecular formula is C11H12O4. The first-order valence-corrected chi connectivity index (χ1v) is 4.26. The molecule has 80 valence electrons. The largest absolute Gasteiger partial charge is 0.398 e. The van der Waals surface area contributed by atoms with E-state index >= 15 is 0 Å². The van der Waals surface area contributed by atoms with Gasteiger partial charge < -0.3 is 4.74 Å². The SMILES string of the molecule is CC(=O)Cc1ccccc1.O=COC=O. The number of carbonyl (C=O) groups excluding carboxylic acids is 3. The summed E-state index contributed by atoms with van der Waals surface area (Å²) >= 11 is 0. The zero-order valence-corrected chi connectivity index (χ0v) is 8.38. The molecule has 0 aliphatic carbocycles. The van der Waals surface area contributed by atoms with Crippen LogP contribution in [0.2, 0.25) is 0 Å². The minimum atomic E-state index is 0.0625. The fourth-order valence-electron chi connectivity index (χ4n) is 0.906. The Morgan fingerprint density at radius 2 is 1.73 bits per heavy atom. The molecule has 0 unspecified atom stereocenters. The minimum absolute atomic E-state index is 0.0625. The number of rotatable bonds is 4. The van der Waals surface area contributed by atoms with E-state index < -0.39 is 0 Å². The Morgan fingerprint density at radius 1 is 1.20 bits per heavy atom. The van der Waals surface area contributed by atoms with Gasteiger partial charge in [-0.2, -0.15) is 0 Å². The number of hydrogen-bond donors (Lipinski definition) is 0. The van der Waals surface area contributed by atoms with Crippen molar-refractivity contribution >= 4 is 18.7 Å². The fourth-order valence-corrected chi connectivity index (χ4v) is 0.906. The van der Waals surface area contributed by atoms with Gasteiger partial charge in [-0.05, 0) is 12.5 Å². The average Bonchev–Trinajstić information content (AvgIpc) is 2.20. The standard InChI is InChI=1S/C9H10O.C2H2O3/c1-8(10)7-9-5-3-2-4-6-9;3-1-5-2-4/h2-6H,7H2,1H3;1-2H. The first-order chi connectivity index (χ1) is 7.20. The van der Waals surface area contributed by atoms with Crippen molar-refractivity contribution in [3.05, 3.63) is 35.9 Å². The van der Waals surface area contributed by atoms with Gasteiger partial charge in [0.15, 0.2) is 0 Å². The number of hydrogen-bond acceptors (Lipinski definition) is 4. The van der Waals surface area contributed by atoms with Crippen LogP contribution in [0.1, 0.15) is 12.5 Å². The van der Waals surface area contributed by atoms with Crippen molar-refractivity contribution in [2.75, 3.05) is 0 Å². The molecule has 1 aromatic rings. The van der Waals surface area contributed by atoms with Gasteiger partial charge in [-0.25, -0.2) is 0 Å². The molecule has 0 saturated carbocycles. The van der Waals surface area contributed by atoms with Crippen molar-refractivity contribution in [2.24, 2.45) is 0 Å². The lowest BCUT2D eigenvalue weighted by Crippen LogP contribution is -1.94. The Bertz CT molecular complexity index is 300. The first-order valence-electron chi connectivity index (χ1n) is 4.26. The highest BCUT2D eigenvalue weighted by atomic mass is 16.6. The lowest BCUT2D eigenvalue weighted by Gasteiger charge is -1.93. The highest BCUT2D eigenvalue weighted by Crippen LogP contribution is 1.98. The molecule has 0 bridgehead atoms. The molecule has 0 N–H and O–H groups in total. The van der Waals surface area contributed by atoms with Gasteiger partial charge in [0.05, 0.1) is 0 Å². The average molecular weight is 208 g/mol. The number of ether oxygens (including phenoxy) is 1. The predicted molar refractivity (Wildman–Crippen MR) is 54.0 cm³/mol. The van der Waals surface area contributed by atoms with Crippen LogP contribution in [0.15, 0.2) is 30.3 Å². The van der Waals surface area contributed by atoms with Crippen LogP contribution in [0.4, 0.5) is 0 Å². The van der Waals surface area contributed by atoms with Crippen molar-refractivity contribution in [2.45, 2.75) is 13.3 Å². The van der Waals surface area contributed by atoms with Gasteiger partial charge >= 0.3 is 12.9 Å². The van der Waals surface area contributed by atoms with Crippen LogP contribution in [0.3, 0.4) is 0 Å². The highest BCUT2D eigenvalue weighted by molar-refractivity contribution is 5.78. The molecule has 4 nitrogen and oxygen atoms in total. The molecule has 0 amide bonds. The fraction of sp³-hybridized carbons (Fsp3) is 0.182. The van der Waals surface area contributed by atoms with Gasteiger partial charge in [0, 0.05) is 6.42 Å². The Hall–Kier alpha value is -1.97. The molecule has 0 aliphatic rings. The summed E-state index contributed by atoms with van der Waals surface area (Å²) in [5.74, 6) is 0.214. The van der Waals surface area contributed by atoms with Gasteiger partial charge in [-0.1, -0.05) is 30.3 Å². The molecule has 15 heavy (non-hydrogen) atoms. The summed E-state index contributed by atoms with van der Waals surface area (Å²) in [6.07, 6.45) is 0.556. The number of Topliss-reactive ketones (excluding diaryl/α,β-unsaturated/α-hetero) is 1. The maximum atomic E-state index is 10.6. The Labute approximate surface area is 87.9 Å². The van der Waals surface area contributed by atoms with Crippen LogP contribution in [0.5, 0.6) is 0 Å². The first kappa shape index (κ1) is 13.0. The molecule has 0 heterocycles. The van der Waals surface area contributed by atoms with Crippen LogP contribution in [-0.4, -0.2) is 18.7 Å². The number of carbonyl (C=O) groups is 3. The molecule has 0 fully saturated rings. The molecule has 0 aliphatic heterocycles. The summed E-state index contributed by atoms with van der Waals surface area (Å²) in [6.45, 7) is 1.73. The summed E-state index contributed by atoms with van der Waals surface area (Å²) in [5.41, 5.74) is 1.09. The third-order valence-electron chi connectivity index (χ3n) is 1.41. The van der Waals surface area contributed by atoms with E-state index in [1.165, 1.54) is 0 Å². The summed E-state index contributed by atoms with van der Waals surface area (Å²) in [7, 11) is 0. The molecule has 1 rings (SSSR count). The quantitative estimate of drug-likeness (QED) is 0.549. The topological polar surface area (TPSA) is 60.4 Å². The van der Waals surface area contributed by atoms with Crippen LogP contribution in [-0.2, 0) is 25.5 Å². The van der Waals surface area contributed by atoms with E-state index in [0.717, 1.165) is 5.56 Å². The van der Waals surface area contributed by atoms with E-state index in [4.69, 9.17) is 9.59 Å². The highest BCUT2D eigenvalue weighted by Gasteiger charge is 1.93. The van der Waals surface area contributed by atoms with Gasteiger partial charge in [-0.3, -0.25) is 14.4 Å². The van der Waals surface area contributed by atoms with Gasteiger partial charge in [0.25, 0.3) is 0 Å². The van der Waals surface area contributed by atoms with Crippen molar-refractivity contribution in [1.29, 1.82) is 0 Å². The van der Waals surface area contributed by atoms with Crippen molar-refractivity contribution in [3.63, 3.8) is 0 Å². The maximum absolute atomic E-state index is 10.6. The lowest BCUT2D eigenvalue weighted by atomic mass is 10.1. The van der Waals surface area contributed by atoms with Crippen LogP contribution in [0, 0.1) is 0 Å². The van der Waals surface area contributed by atoms with E-state index in [0.29, 0.717) is 6.42 Å². The molecule has 0 atom stereocenters. The van der Waals surface area contributed by atoms with Gasteiger partial charge in [-0.15, -0.1) is 0 Å². The molecule has 0 spiro atoms. The third kappa shape index (κ3) is 8.36. The monoisotopic (exact) mass is 208 g/mol. The Kier molecular flexibility index (Phi) is 7.49. The van der Waals surface area contributed by atoms with Gasteiger partial charge in [0.2, 0.25) is 0 Å². The van der Waals surface area contributed by atoms with Crippen LogP contribution >= 0.6 is 0 Å². The zero-order chi connectivity index (χ0) is 11.5. The smallest absolute Gasteiger partial charge is 0.300 e. The maximum Gasteiger partial charge on any atom is 0.300 e. The lowest BCUT2D eigenvalue weighted by molar-refractivity contribution is -0.141. The molecular weight excluding hydrogens is 196 g/mol. The van der Waals surface area contributed by atoms with E-state index in [1.807, 2.05) is 30.3 Å². The van der Waals surface area contributed by atoms with E-state index in [-0.39, 0.29) is 18.7 Å². The second-order valence-electron chi connectivity index (χ2n) is 2.69. The third-order valence-corrected chi connectivity index (χ3v) is 1.41. The van der Waals surface area contributed by atoms with Crippen molar-refractivity contribution in [1.82, 2.24) is 0 Å². The molecule has 4 heteroatoms. The van der Waals surface area contributed by atoms with Crippen molar-refractivity contribution in [3.8, 4) is 0 Å². The molecule has 0 radical (unpaired) electrons. The van der Waals surface area contributed by atoms with Gasteiger partial charge in [0.1, 0.15) is 5.78 Å². The molecule has 0 saturated heterocycles. The summed E-state index contributed by atoms with van der Waals surface area (Å²) in [4.78, 5) is 28.5. The summed E-state index contributed by atoms with van der Waals surface area (Å²) in [6, 6.07) is 9.75. The molecule has 1 aromatic carbocycles. The number of ketones is 1. The van der Waals surface area contributed by atoms with E-state index in [9.17, 15) is 4.79 Å². The second-order valence-corrected chi connectivity index (χ2v) is 2.69. The van der Waals surface area contributed by atoms with Crippen LogP contribution < -0.4 is 0 Å². The predicted octanol–water partition coefficient (Wildman–Crippen LogP) is 1.13.